The van der Waals surface area contributed by atoms with Crippen molar-refractivity contribution in [2.75, 3.05) is 46.9 Å². The first-order valence-corrected chi connectivity index (χ1v) is 11.9. The summed E-state index contributed by atoms with van der Waals surface area (Å²) in [7, 11) is 3.25. The van der Waals surface area contributed by atoms with Crippen LogP contribution in [0.5, 0.6) is 11.5 Å². The van der Waals surface area contributed by atoms with Crippen molar-refractivity contribution >= 4 is 24.0 Å². The minimum atomic E-state index is -0.366. The zero-order chi connectivity index (χ0) is 24.1. The maximum atomic E-state index is 13.1. The summed E-state index contributed by atoms with van der Waals surface area (Å²) in [6.07, 6.45) is 4.34. The number of carbonyl (C=O) groups is 1. The van der Waals surface area contributed by atoms with E-state index in [0.29, 0.717) is 23.8 Å². The highest BCUT2D eigenvalue weighted by Crippen LogP contribution is 2.32. The molecule has 0 aromatic heterocycles. The first-order chi connectivity index (χ1) is 16.5. The Morgan fingerprint density at radius 3 is 2.40 bits per heavy atom. The number of non-ortho nitro benzene ring substituents is 1. The highest BCUT2D eigenvalue weighted by molar-refractivity contribution is 5.85. The summed E-state index contributed by atoms with van der Waals surface area (Å²) in [5.41, 5.74) is 3.42. The van der Waals surface area contributed by atoms with Gasteiger partial charge in [-0.2, -0.15) is 0 Å². The van der Waals surface area contributed by atoms with E-state index in [1.165, 1.54) is 0 Å². The number of nitro groups is 1. The molecule has 8 nitrogen and oxygen atoms in total. The fourth-order valence-electron chi connectivity index (χ4n) is 5.10. The van der Waals surface area contributed by atoms with Crippen LogP contribution in [0.25, 0.3) is 0 Å². The van der Waals surface area contributed by atoms with Crippen LogP contribution in [0.15, 0.2) is 36.4 Å². The second-order valence-corrected chi connectivity index (χ2v) is 9.22. The number of carbonyl (C=O) groups excluding carboxylic acids is 1. The molecule has 2 aromatic rings. The van der Waals surface area contributed by atoms with Crippen molar-refractivity contribution in [3.8, 4) is 11.5 Å². The molecule has 0 bridgehead atoms. The highest BCUT2D eigenvalue weighted by Gasteiger charge is 2.27. The largest absolute Gasteiger partial charge is 0.493 e. The van der Waals surface area contributed by atoms with Crippen molar-refractivity contribution < 1.29 is 19.2 Å². The molecule has 0 saturated carbocycles. The van der Waals surface area contributed by atoms with E-state index in [1.807, 2.05) is 29.2 Å². The maximum absolute atomic E-state index is 13.1. The van der Waals surface area contributed by atoms with Crippen molar-refractivity contribution in [3.05, 3.63) is 63.2 Å². The van der Waals surface area contributed by atoms with Gasteiger partial charge in [0.15, 0.2) is 11.5 Å². The number of fused-ring (bicyclic) bond motifs is 1. The third-order valence-electron chi connectivity index (χ3n) is 7.00. The molecule has 2 aromatic carbocycles. The van der Waals surface area contributed by atoms with Gasteiger partial charge in [0.05, 0.1) is 25.6 Å². The van der Waals surface area contributed by atoms with Gasteiger partial charge in [-0.25, -0.2) is 0 Å². The summed E-state index contributed by atoms with van der Waals surface area (Å²) < 4.78 is 10.9. The Bertz CT molecular complexity index is 1030. The smallest absolute Gasteiger partial charge is 0.269 e. The first kappa shape index (κ1) is 26.8. The van der Waals surface area contributed by atoms with Crippen molar-refractivity contribution in [1.82, 2.24) is 9.80 Å². The monoisotopic (exact) mass is 503 g/mol. The van der Waals surface area contributed by atoms with Crippen LogP contribution in [0.2, 0.25) is 0 Å². The van der Waals surface area contributed by atoms with Gasteiger partial charge in [0.2, 0.25) is 5.91 Å². The van der Waals surface area contributed by atoms with Crippen LogP contribution in [0, 0.1) is 16.0 Å². The van der Waals surface area contributed by atoms with Gasteiger partial charge in [-0.1, -0.05) is 12.1 Å². The molecule has 190 valence electrons. The molecule has 4 rings (SSSR count). The summed E-state index contributed by atoms with van der Waals surface area (Å²) in [5.74, 6) is 2.00. The number of hydrogen-bond acceptors (Lipinski definition) is 6. The van der Waals surface area contributed by atoms with Crippen LogP contribution in [-0.4, -0.2) is 67.6 Å². The lowest BCUT2D eigenvalue weighted by molar-refractivity contribution is -0.384. The van der Waals surface area contributed by atoms with Crippen LogP contribution in [-0.2, 0) is 24.1 Å². The normalized spacial score (nSPS) is 18.3. The molecule has 35 heavy (non-hydrogen) atoms. The Labute approximate surface area is 212 Å². The zero-order valence-corrected chi connectivity index (χ0v) is 21.2. The number of amides is 1. The SMILES string of the molecule is COc1cc2c(cc1OC)CC(=O)N(CC1CCCN(CCc3ccc([N+](=O)[O-])cc3)C1)CC2.Cl. The van der Waals surface area contributed by atoms with E-state index in [-0.39, 0.29) is 28.9 Å². The van der Waals surface area contributed by atoms with Gasteiger partial charge in [-0.15, -0.1) is 12.4 Å². The van der Waals surface area contributed by atoms with Gasteiger partial charge in [0.1, 0.15) is 0 Å². The van der Waals surface area contributed by atoms with Gasteiger partial charge >= 0.3 is 0 Å². The Morgan fingerprint density at radius 1 is 1.06 bits per heavy atom. The van der Waals surface area contributed by atoms with E-state index in [2.05, 4.69) is 4.90 Å². The molecule has 2 heterocycles. The Balaban J connectivity index is 0.00000342. The van der Waals surface area contributed by atoms with E-state index >= 15 is 0 Å². The van der Waals surface area contributed by atoms with Crippen molar-refractivity contribution in [1.29, 1.82) is 0 Å². The summed E-state index contributed by atoms with van der Waals surface area (Å²) in [4.78, 5) is 28.0. The number of likely N-dealkylation sites (tertiary alicyclic amines) is 1. The average molecular weight is 504 g/mol. The van der Waals surface area contributed by atoms with Crippen molar-refractivity contribution in [2.24, 2.45) is 5.92 Å². The Kier molecular flexibility index (Phi) is 9.34. The highest BCUT2D eigenvalue weighted by atomic mass is 35.5. The molecular weight excluding hydrogens is 470 g/mol. The number of rotatable bonds is 8. The quantitative estimate of drug-likeness (QED) is 0.401. The standard InChI is InChI=1S/C26H33N3O5.ClH/c1-33-24-14-21-10-13-28(26(30)16-22(21)15-25(24)34-2)18-20-4-3-11-27(17-20)12-9-19-5-7-23(8-6-19)29(31)32;/h5-8,14-15,20H,3-4,9-13,16-18H2,1-2H3;1H. The number of nitro benzene ring substituents is 1. The second kappa shape index (κ2) is 12.2. The van der Waals surface area contributed by atoms with E-state index in [9.17, 15) is 14.9 Å². The minimum Gasteiger partial charge on any atom is -0.493 e. The maximum Gasteiger partial charge on any atom is 0.269 e. The van der Waals surface area contributed by atoms with Crippen LogP contribution < -0.4 is 9.47 Å². The summed E-state index contributed by atoms with van der Waals surface area (Å²) in [6, 6.07) is 10.8. The van der Waals surface area contributed by atoms with Gasteiger partial charge in [-0.05, 0) is 67.0 Å². The van der Waals surface area contributed by atoms with E-state index in [4.69, 9.17) is 9.47 Å². The molecule has 2 aliphatic heterocycles. The third kappa shape index (κ3) is 6.64. The Morgan fingerprint density at radius 2 is 1.74 bits per heavy atom. The number of methoxy groups -OCH3 is 2. The van der Waals surface area contributed by atoms with Crippen LogP contribution in [0.1, 0.15) is 29.5 Å². The lowest BCUT2D eigenvalue weighted by atomic mass is 9.96. The van der Waals surface area contributed by atoms with Crippen molar-refractivity contribution in [2.45, 2.75) is 32.1 Å². The lowest BCUT2D eigenvalue weighted by Gasteiger charge is -2.35. The molecule has 1 atom stereocenters. The van der Waals surface area contributed by atoms with E-state index in [0.717, 1.165) is 75.1 Å². The fraction of sp³-hybridized carbons (Fsp3) is 0.500. The number of piperidine rings is 1. The third-order valence-corrected chi connectivity index (χ3v) is 7.00. The van der Waals surface area contributed by atoms with Gasteiger partial charge < -0.3 is 19.3 Å². The lowest BCUT2D eigenvalue weighted by Crippen LogP contribution is -2.44. The van der Waals surface area contributed by atoms with Gasteiger partial charge in [-0.3, -0.25) is 14.9 Å². The van der Waals surface area contributed by atoms with E-state index in [1.54, 1.807) is 26.4 Å². The van der Waals surface area contributed by atoms with Crippen LogP contribution in [0.4, 0.5) is 5.69 Å². The number of hydrogen-bond donors (Lipinski definition) is 0. The molecule has 1 saturated heterocycles. The van der Waals surface area contributed by atoms with Crippen LogP contribution >= 0.6 is 12.4 Å². The molecule has 0 radical (unpaired) electrons. The van der Waals surface area contributed by atoms with E-state index < -0.39 is 0 Å². The molecular formula is C26H34ClN3O5. The molecule has 0 N–H and O–H groups in total. The summed E-state index contributed by atoms with van der Waals surface area (Å²) in [5, 5.41) is 10.8. The predicted molar refractivity (Wildman–Crippen MR) is 137 cm³/mol. The predicted octanol–water partition coefficient (Wildman–Crippen LogP) is 3.92. The van der Waals surface area contributed by atoms with Gasteiger partial charge in [0.25, 0.3) is 5.69 Å². The molecule has 0 aliphatic carbocycles. The molecule has 2 aliphatic rings. The number of ether oxygens (including phenoxy) is 2. The zero-order valence-electron chi connectivity index (χ0n) is 20.4. The van der Waals surface area contributed by atoms with Crippen molar-refractivity contribution in [3.63, 3.8) is 0 Å². The van der Waals surface area contributed by atoms with Crippen LogP contribution in [0.3, 0.4) is 0 Å². The summed E-state index contributed by atoms with van der Waals surface area (Å²) >= 11 is 0. The first-order valence-electron chi connectivity index (χ1n) is 11.9. The molecule has 1 unspecified atom stereocenters. The fourth-order valence-corrected chi connectivity index (χ4v) is 5.10. The summed E-state index contributed by atoms with van der Waals surface area (Å²) in [6.45, 7) is 4.47. The Hall–Kier alpha value is -2.84. The number of nitrogens with zero attached hydrogens (tertiary/aromatic N) is 3. The number of halogens is 1. The topological polar surface area (TPSA) is 85.2 Å². The number of benzene rings is 2. The molecule has 9 heteroatoms. The molecule has 1 fully saturated rings. The molecule has 0 spiro atoms. The minimum absolute atomic E-state index is 0. The molecule has 1 amide bonds. The van der Waals surface area contributed by atoms with Gasteiger partial charge in [0, 0.05) is 38.3 Å². The second-order valence-electron chi connectivity index (χ2n) is 9.22. The average Bonchev–Trinajstić information content (AvgIpc) is 3.00.